The Bertz CT molecular complexity index is 722. The van der Waals surface area contributed by atoms with Crippen molar-refractivity contribution in [3.05, 3.63) is 45.2 Å². The number of anilines is 1. The Morgan fingerprint density at radius 2 is 2.04 bits per heavy atom. The van der Waals surface area contributed by atoms with Crippen LogP contribution in [0.4, 0.5) is 5.82 Å². The summed E-state index contributed by atoms with van der Waals surface area (Å²) in [5.41, 5.74) is 1.34. The summed E-state index contributed by atoms with van der Waals surface area (Å²) in [5.74, 6) is 1.43. The number of carbonyl (C=O) groups excluding carboxylic acids is 1. The monoisotopic (exact) mass is 361 g/mol. The summed E-state index contributed by atoms with van der Waals surface area (Å²) in [6.45, 7) is 3.41. The minimum absolute atomic E-state index is 0.147. The van der Waals surface area contributed by atoms with E-state index in [9.17, 15) is 4.79 Å². The molecule has 0 radical (unpaired) electrons. The minimum atomic E-state index is 0.147. The van der Waals surface area contributed by atoms with Gasteiger partial charge in [-0.1, -0.05) is 11.6 Å². The number of hydrogen-bond donors (Lipinski definition) is 0. The van der Waals surface area contributed by atoms with Gasteiger partial charge in [0, 0.05) is 43.2 Å². The second-order valence-electron chi connectivity index (χ2n) is 6.47. The summed E-state index contributed by atoms with van der Waals surface area (Å²) in [5, 5.41) is 2.79. The van der Waals surface area contributed by atoms with Crippen LogP contribution in [-0.4, -0.2) is 35.4 Å². The van der Waals surface area contributed by atoms with Crippen LogP contribution in [0.5, 0.6) is 0 Å². The SMILES string of the molecule is O=C(C1CCN(c2ccc(Cl)cn2)CC1)N1CCc2sccc2C1. The summed E-state index contributed by atoms with van der Waals surface area (Å²) >= 11 is 7.71. The Labute approximate surface area is 151 Å². The molecule has 24 heavy (non-hydrogen) atoms. The Morgan fingerprint density at radius 1 is 1.21 bits per heavy atom. The molecule has 4 rings (SSSR count). The van der Waals surface area contributed by atoms with E-state index in [0.29, 0.717) is 10.9 Å². The van der Waals surface area contributed by atoms with E-state index in [1.807, 2.05) is 23.5 Å². The fourth-order valence-corrected chi connectivity index (χ4v) is 4.61. The number of thiophene rings is 1. The Morgan fingerprint density at radius 3 is 2.79 bits per heavy atom. The molecule has 1 fully saturated rings. The number of amides is 1. The maximum atomic E-state index is 12.9. The zero-order chi connectivity index (χ0) is 16.5. The first-order chi connectivity index (χ1) is 11.7. The topological polar surface area (TPSA) is 36.4 Å². The van der Waals surface area contributed by atoms with Gasteiger partial charge in [0.05, 0.1) is 5.02 Å². The number of pyridine rings is 1. The Balaban J connectivity index is 1.36. The molecule has 1 saturated heterocycles. The van der Waals surface area contributed by atoms with Gasteiger partial charge in [0.15, 0.2) is 0 Å². The highest BCUT2D eigenvalue weighted by Crippen LogP contribution is 2.28. The number of carbonyl (C=O) groups is 1. The number of halogens is 1. The standard InChI is InChI=1S/C18H20ClN3OS/c19-15-1-2-17(20-11-15)21-7-3-13(4-8-21)18(23)22-9-5-16-14(12-22)6-10-24-16/h1-2,6,10-11,13H,3-5,7-9,12H2. The van der Waals surface area contributed by atoms with Crippen LogP contribution in [0.3, 0.4) is 0 Å². The van der Waals surface area contributed by atoms with Gasteiger partial charge in [0.2, 0.25) is 5.91 Å². The van der Waals surface area contributed by atoms with E-state index >= 15 is 0 Å². The molecule has 0 spiro atoms. The molecule has 0 saturated carbocycles. The molecule has 0 aliphatic carbocycles. The average Bonchev–Trinajstić information content (AvgIpc) is 3.09. The maximum Gasteiger partial charge on any atom is 0.226 e. The number of nitrogens with zero attached hydrogens (tertiary/aromatic N) is 3. The lowest BCUT2D eigenvalue weighted by Crippen LogP contribution is -2.44. The summed E-state index contributed by atoms with van der Waals surface area (Å²) in [4.78, 5) is 23.0. The van der Waals surface area contributed by atoms with Gasteiger partial charge in [-0.05, 0) is 48.4 Å². The van der Waals surface area contributed by atoms with Crippen molar-refractivity contribution in [1.82, 2.24) is 9.88 Å². The van der Waals surface area contributed by atoms with Gasteiger partial charge in [-0.3, -0.25) is 4.79 Å². The molecule has 2 aromatic rings. The van der Waals surface area contributed by atoms with Crippen LogP contribution in [0.1, 0.15) is 23.3 Å². The van der Waals surface area contributed by atoms with Crippen molar-refractivity contribution < 1.29 is 4.79 Å². The van der Waals surface area contributed by atoms with E-state index in [0.717, 1.165) is 51.3 Å². The van der Waals surface area contributed by atoms with E-state index < -0.39 is 0 Å². The van der Waals surface area contributed by atoms with Crippen LogP contribution >= 0.6 is 22.9 Å². The number of piperidine rings is 1. The fraction of sp³-hybridized carbons (Fsp3) is 0.444. The Kier molecular flexibility index (Phi) is 4.46. The second-order valence-corrected chi connectivity index (χ2v) is 7.91. The average molecular weight is 362 g/mol. The summed E-state index contributed by atoms with van der Waals surface area (Å²) < 4.78 is 0. The summed E-state index contributed by atoms with van der Waals surface area (Å²) in [7, 11) is 0. The molecule has 6 heteroatoms. The van der Waals surface area contributed by atoms with Crippen molar-refractivity contribution >= 4 is 34.7 Å². The molecular formula is C18H20ClN3OS. The molecule has 0 atom stereocenters. The van der Waals surface area contributed by atoms with Crippen molar-refractivity contribution in [2.45, 2.75) is 25.8 Å². The van der Waals surface area contributed by atoms with E-state index in [4.69, 9.17) is 11.6 Å². The van der Waals surface area contributed by atoms with Crippen molar-refractivity contribution in [2.24, 2.45) is 5.92 Å². The van der Waals surface area contributed by atoms with E-state index in [2.05, 4.69) is 26.2 Å². The van der Waals surface area contributed by atoms with Crippen LogP contribution in [0, 0.1) is 5.92 Å². The Hall–Kier alpha value is -1.59. The molecule has 2 aliphatic rings. The summed E-state index contributed by atoms with van der Waals surface area (Å²) in [6, 6.07) is 5.98. The molecule has 2 aliphatic heterocycles. The number of fused-ring (bicyclic) bond motifs is 1. The van der Waals surface area contributed by atoms with Crippen molar-refractivity contribution in [3.63, 3.8) is 0 Å². The number of hydrogen-bond acceptors (Lipinski definition) is 4. The van der Waals surface area contributed by atoms with Crippen molar-refractivity contribution in [2.75, 3.05) is 24.5 Å². The number of aromatic nitrogens is 1. The highest BCUT2D eigenvalue weighted by molar-refractivity contribution is 7.10. The van der Waals surface area contributed by atoms with Crippen LogP contribution in [-0.2, 0) is 17.8 Å². The summed E-state index contributed by atoms with van der Waals surface area (Å²) in [6.07, 6.45) is 4.48. The first-order valence-electron chi connectivity index (χ1n) is 8.41. The first kappa shape index (κ1) is 15.9. The first-order valence-corrected chi connectivity index (χ1v) is 9.67. The highest BCUT2D eigenvalue weighted by Gasteiger charge is 2.30. The van der Waals surface area contributed by atoms with E-state index in [1.54, 1.807) is 6.20 Å². The second kappa shape index (κ2) is 6.73. The van der Waals surface area contributed by atoms with Gasteiger partial charge in [0.1, 0.15) is 5.82 Å². The molecule has 0 N–H and O–H groups in total. The molecule has 126 valence electrons. The third kappa shape index (κ3) is 3.15. The van der Waals surface area contributed by atoms with E-state index in [-0.39, 0.29) is 5.92 Å². The van der Waals surface area contributed by atoms with Crippen LogP contribution in [0.15, 0.2) is 29.8 Å². The largest absolute Gasteiger partial charge is 0.357 e. The molecule has 4 heterocycles. The highest BCUT2D eigenvalue weighted by atomic mass is 35.5. The van der Waals surface area contributed by atoms with Crippen molar-refractivity contribution in [1.29, 1.82) is 0 Å². The predicted molar refractivity (Wildman–Crippen MR) is 97.6 cm³/mol. The molecule has 0 unspecified atom stereocenters. The lowest BCUT2D eigenvalue weighted by atomic mass is 9.94. The smallest absolute Gasteiger partial charge is 0.226 e. The normalized spacial score (nSPS) is 18.5. The third-order valence-electron chi connectivity index (χ3n) is 5.00. The van der Waals surface area contributed by atoms with Crippen molar-refractivity contribution in [3.8, 4) is 0 Å². The zero-order valence-electron chi connectivity index (χ0n) is 13.4. The van der Waals surface area contributed by atoms with Gasteiger partial charge < -0.3 is 9.80 Å². The fourth-order valence-electron chi connectivity index (χ4n) is 3.61. The molecule has 0 aromatic carbocycles. The minimum Gasteiger partial charge on any atom is -0.357 e. The molecule has 1 amide bonds. The molecule has 2 aromatic heterocycles. The lowest BCUT2D eigenvalue weighted by Gasteiger charge is -2.36. The zero-order valence-corrected chi connectivity index (χ0v) is 15.0. The lowest BCUT2D eigenvalue weighted by molar-refractivity contribution is -0.137. The van der Waals surface area contributed by atoms with E-state index in [1.165, 1.54) is 10.4 Å². The van der Waals surface area contributed by atoms with Crippen LogP contribution < -0.4 is 4.90 Å². The van der Waals surface area contributed by atoms with Gasteiger partial charge in [-0.15, -0.1) is 11.3 Å². The predicted octanol–water partition coefficient (Wildman–Crippen LogP) is 3.60. The quantitative estimate of drug-likeness (QED) is 0.820. The number of rotatable bonds is 2. The van der Waals surface area contributed by atoms with Gasteiger partial charge in [-0.25, -0.2) is 4.98 Å². The van der Waals surface area contributed by atoms with Gasteiger partial charge in [0.25, 0.3) is 0 Å². The molecular weight excluding hydrogens is 342 g/mol. The van der Waals surface area contributed by atoms with Crippen LogP contribution in [0.25, 0.3) is 0 Å². The molecule has 4 nitrogen and oxygen atoms in total. The maximum absolute atomic E-state index is 12.9. The molecule has 0 bridgehead atoms. The third-order valence-corrected chi connectivity index (χ3v) is 6.25. The van der Waals surface area contributed by atoms with Gasteiger partial charge >= 0.3 is 0 Å². The van der Waals surface area contributed by atoms with Crippen LogP contribution in [0.2, 0.25) is 5.02 Å². The van der Waals surface area contributed by atoms with Gasteiger partial charge in [-0.2, -0.15) is 0 Å².